The quantitative estimate of drug-likeness (QED) is 0.277. The molecule has 0 unspecified atom stereocenters. The van der Waals surface area contributed by atoms with Crippen LogP contribution in [-0.4, -0.2) is 83.3 Å². The van der Waals surface area contributed by atoms with E-state index in [0.29, 0.717) is 55.9 Å². The highest BCUT2D eigenvalue weighted by Crippen LogP contribution is 2.39. The van der Waals surface area contributed by atoms with Crippen LogP contribution in [0.4, 0.5) is 9.59 Å². The van der Waals surface area contributed by atoms with E-state index in [0.717, 1.165) is 32.4 Å². The van der Waals surface area contributed by atoms with E-state index in [-0.39, 0.29) is 30.4 Å². The number of amides is 2. The Balaban J connectivity index is 0.000000245. The molecule has 2 saturated carbocycles. The first-order chi connectivity index (χ1) is 25.8. The summed E-state index contributed by atoms with van der Waals surface area (Å²) in [7, 11) is 0. The first-order valence-corrected chi connectivity index (χ1v) is 21.8. The maximum absolute atomic E-state index is 12.2. The zero-order valence-corrected chi connectivity index (χ0v) is 39.5. The Kier molecular flexibility index (Phi) is 18.7. The zero-order valence-electron chi connectivity index (χ0n) is 34.4. The molecule has 0 bridgehead atoms. The van der Waals surface area contributed by atoms with Crippen LogP contribution in [0.5, 0.6) is 0 Å². The van der Waals surface area contributed by atoms with Gasteiger partial charge in [0.25, 0.3) is 0 Å². The summed E-state index contributed by atoms with van der Waals surface area (Å²) in [6, 6.07) is 18.7. The van der Waals surface area contributed by atoms with Crippen LogP contribution >= 0.6 is 57.6 Å². The predicted octanol–water partition coefficient (Wildman–Crippen LogP) is 10.1. The first kappa shape index (κ1) is 48.2. The van der Waals surface area contributed by atoms with Gasteiger partial charge in [-0.25, -0.2) is 9.59 Å². The molecule has 4 fully saturated rings. The zero-order chi connectivity index (χ0) is 40.5. The van der Waals surface area contributed by atoms with Crippen LogP contribution in [0.3, 0.4) is 0 Å². The Labute approximate surface area is 369 Å². The molecule has 0 spiro atoms. The van der Waals surface area contributed by atoms with E-state index < -0.39 is 11.2 Å². The Bertz CT molecular complexity index is 1650. The van der Waals surface area contributed by atoms with Crippen molar-refractivity contribution in [1.82, 2.24) is 15.1 Å². The average Bonchev–Trinajstić information content (AvgIpc) is 4.03. The van der Waals surface area contributed by atoms with Crippen LogP contribution in [0.1, 0.15) is 105 Å². The summed E-state index contributed by atoms with van der Waals surface area (Å²) in [4.78, 5) is 38.0. The molecule has 3 N–H and O–H groups in total. The van der Waals surface area contributed by atoms with Gasteiger partial charge in [0.15, 0.2) is 0 Å². The molecule has 2 heterocycles. The number of ketones is 1. The summed E-state index contributed by atoms with van der Waals surface area (Å²) in [6.07, 6.45) is 9.36. The van der Waals surface area contributed by atoms with Gasteiger partial charge in [-0.2, -0.15) is 0 Å². The lowest BCUT2D eigenvalue weighted by atomic mass is 10.0. The number of nitrogens with zero attached hydrogens (tertiary/aromatic N) is 2. The molecule has 0 radical (unpaired) electrons. The molecular formula is C44H63ClI2N4O5. The smallest absolute Gasteiger partial charge is 0.410 e. The Hall–Kier alpha value is -2.20. The van der Waals surface area contributed by atoms with Crippen molar-refractivity contribution in [3.8, 4) is 0 Å². The van der Waals surface area contributed by atoms with Gasteiger partial charge in [-0.3, -0.25) is 4.79 Å². The summed E-state index contributed by atoms with van der Waals surface area (Å²) in [5, 5.41) is 3.81. The van der Waals surface area contributed by atoms with Gasteiger partial charge >= 0.3 is 12.2 Å². The molecule has 4 atom stereocenters. The third-order valence-electron chi connectivity index (χ3n) is 9.90. The van der Waals surface area contributed by atoms with Crippen molar-refractivity contribution in [2.75, 3.05) is 26.2 Å². The van der Waals surface area contributed by atoms with E-state index in [4.69, 9.17) is 15.2 Å². The van der Waals surface area contributed by atoms with Crippen molar-refractivity contribution in [2.45, 2.75) is 123 Å². The fourth-order valence-corrected chi connectivity index (χ4v) is 7.32. The summed E-state index contributed by atoms with van der Waals surface area (Å²) in [6.45, 7) is 18.2. The molecule has 9 nitrogen and oxygen atoms in total. The number of benzene rings is 2. The number of ether oxygens (including phenoxy) is 2. The molecule has 6 rings (SSSR count). The van der Waals surface area contributed by atoms with Crippen molar-refractivity contribution in [3.05, 3.63) is 77.9 Å². The number of halogens is 3. The summed E-state index contributed by atoms with van der Waals surface area (Å²) < 4.78 is 13.2. The molecule has 12 heteroatoms. The Morgan fingerprint density at radius 3 is 1.50 bits per heavy atom. The van der Waals surface area contributed by atoms with E-state index >= 15 is 0 Å². The Morgan fingerprint density at radius 1 is 0.714 bits per heavy atom. The normalized spacial score (nSPS) is 22.7. The van der Waals surface area contributed by atoms with Crippen LogP contribution < -0.4 is 11.1 Å². The van der Waals surface area contributed by atoms with E-state index in [9.17, 15) is 14.4 Å². The SMILES string of the molecule is C/C(=C\c1ccc(I)cc1)[C@@H]1C[C@H]1N.C/C(=C\c1ccc(I)cc1)[C@@H]1C[C@H]1NC1CCN(C(=O)OC(C)(C)C)CC1.CC(C)(C)OC(=O)N1CCC(=O)CC1.Cl. The largest absolute Gasteiger partial charge is 0.444 e. The third kappa shape index (κ3) is 17.3. The first-order valence-electron chi connectivity index (χ1n) is 19.6. The topological polar surface area (TPSA) is 114 Å². The Morgan fingerprint density at radius 2 is 1.11 bits per heavy atom. The van der Waals surface area contributed by atoms with E-state index in [2.05, 4.69) is 125 Å². The second-order valence-electron chi connectivity index (χ2n) is 17.2. The standard InChI is InChI=1S/C22H31IN2O2.C12H14IN.C10H17NO3.ClH/c1-15(13-16-5-7-17(23)8-6-16)19-14-20(19)24-18-9-11-25(12-10-18)21(26)27-22(2,3)4;1-8(11-7-12(11)14)6-9-2-4-10(13)5-3-9;1-10(2,3)14-9(13)11-6-4-8(12)5-7-11;/h5-8,13,18-20,24H,9-12,14H2,1-4H3;2-6,11-12H,7,14H2,1H3;4-7H2,1-3H3;1H/b15-13+;8-6+;;/t19-,20+;11-,12+;;/m00../s1. The van der Waals surface area contributed by atoms with Crippen molar-refractivity contribution in [2.24, 2.45) is 17.6 Å². The fraction of sp³-hybridized carbons (Fsp3) is 0.568. The van der Waals surface area contributed by atoms with Gasteiger partial charge in [0, 0.05) is 64.3 Å². The van der Waals surface area contributed by atoms with Gasteiger partial charge in [-0.05, 0) is 173 Å². The van der Waals surface area contributed by atoms with Gasteiger partial charge in [0.1, 0.15) is 17.0 Å². The number of likely N-dealkylation sites (tertiary alicyclic amines) is 2. The lowest BCUT2D eigenvalue weighted by Gasteiger charge is -2.34. The average molecular weight is 1020 g/mol. The number of nitrogens with two attached hydrogens (primary N) is 1. The molecule has 0 aromatic heterocycles. The number of nitrogens with one attached hydrogen (secondary N) is 1. The molecule has 2 aromatic carbocycles. The van der Waals surface area contributed by atoms with Gasteiger partial charge < -0.3 is 30.3 Å². The minimum atomic E-state index is -0.460. The second-order valence-corrected chi connectivity index (χ2v) is 19.7. The second kappa shape index (κ2) is 21.7. The molecule has 4 aliphatic rings. The number of carbonyl (C=O) groups excluding carboxylic acids is 3. The summed E-state index contributed by atoms with van der Waals surface area (Å²) in [5.74, 6) is 1.51. The van der Waals surface area contributed by atoms with Crippen LogP contribution in [0, 0.1) is 19.0 Å². The molecule has 2 aliphatic carbocycles. The van der Waals surface area contributed by atoms with Gasteiger partial charge in [-0.1, -0.05) is 47.6 Å². The molecule has 2 amide bonds. The van der Waals surface area contributed by atoms with Gasteiger partial charge in [0.2, 0.25) is 0 Å². The highest BCUT2D eigenvalue weighted by molar-refractivity contribution is 14.1. The van der Waals surface area contributed by atoms with Crippen LogP contribution in [-0.2, 0) is 14.3 Å². The number of piperidine rings is 2. The van der Waals surface area contributed by atoms with Crippen molar-refractivity contribution in [1.29, 1.82) is 0 Å². The van der Waals surface area contributed by atoms with Gasteiger partial charge in [0.05, 0.1) is 0 Å². The molecule has 2 saturated heterocycles. The fourth-order valence-electron chi connectivity index (χ4n) is 6.60. The highest BCUT2D eigenvalue weighted by Gasteiger charge is 2.40. The molecule has 56 heavy (non-hydrogen) atoms. The van der Waals surface area contributed by atoms with Crippen molar-refractivity contribution in [3.63, 3.8) is 0 Å². The monoisotopic (exact) mass is 1020 g/mol. The van der Waals surface area contributed by atoms with Gasteiger partial charge in [-0.15, -0.1) is 12.4 Å². The maximum Gasteiger partial charge on any atom is 0.410 e. The number of carbonyl (C=O) groups is 3. The lowest BCUT2D eigenvalue weighted by Crippen LogP contribution is -2.47. The number of rotatable bonds is 6. The minimum absolute atomic E-state index is 0. The van der Waals surface area contributed by atoms with Crippen molar-refractivity contribution < 1.29 is 23.9 Å². The lowest BCUT2D eigenvalue weighted by molar-refractivity contribution is -0.121. The number of Topliss-reactive ketones (excluding diaryl/α,β-unsaturated/α-hetero) is 1. The molecular weight excluding hydrogens is 954 g/mol. The molecule has 2 aliphatic heterocycles. The van der Waals surface area contributed by atoms with E-state index in [1.54, 1.807) is 4.90 Å². The third-order valence-corrected chi connectivity index (χ3v) is 11.3. The van der Waals surface area contributed by atoms with E-state index in [1.165, 1.54) is 35.8 Å². The van der Waals surface area contributed by atoms with Crippen LogP contribution in [0.25, 0.3) is 12.2 Å². The van der Waals surface area contributed by atoms with E-state index in [1.807, 2.05) is 46.4 Å². The predicted molar refractivity (Wildman–Crippen MR) is 247 cm³/mol. The summed E-state index contributed by atoms with van der Waals surface area (Å²) in [5.41, 5.74) is 10.4. The van der Waals surface area contributed by atoms with Crippen molar-refractivity contribution >= 4 is 87.7 Å². The number of hydrogen-bond acceptors (Lipinski definition) is 7. The summed E-state index contributed by atoms with van der Waals surface area (Å²) >= 11 is 4.66. The van der Waals surface area contributed by atoms with Crippen LogP contribution in [0.15, 0.2) is 59.7 Å². The maximum atomic E-state index is 12.2. The van der Waals surface area contributed by atoms with Crippen LogP contribution in [0.2, 0.25) is 0 Å². The number of hydrogen-bond donors (Lipinski definition) is 2. The minimum Gasteiger partial charge on any atom is -0.444 e. The molecule has 310 valence electrons. The highest BCUT2D eigenvalue weighted by atomic mass is 127. The molecule has 2 aromatic rings.